The first-order valence-corrected chi connectivity index (χ1v) is 6.47. The molecular weight excluding hydrogens is 210 g/mol. The van der Waals surface area contributed by atoms with Gasteiger partial charge in [0.15, 0.2) is 0 Å². The smallest absolute Gasteiger partial charge is 0.120 e. The fourth-order valence-corrected chi connectivity index (χ4v) is 2.47. The van der Waals surface area contributed by atoms with Gasteiger partial charge in [0.1, 0.15) is 11.9 Å². The van der Waals surface area contributed by atoms with Crippen LogP contribution >= 0.6 is 0 Å². The molecule has 2 heteroatoms. The first-order valence-electron chi connectivity index (χ1n) is 6.47. The second-order valence-electron chi connectivity index (χ2n) is 5.55. The molecule has 0 bridgehead atoms. The summed E-state index contributed by atoms with van der Waals surface area (Å²) < 4.78 is 6.08. The third-order valence-corrected chi connectivity index (χ3v) is 4.57. The van der Waals surface area contributed by atoms with Crippen LogP contribution < -0.4 is 10.5 Å². The molecule has 0 saturated heterocycles. The van der Waals surface area contributed by atoms with Gasteiger partial charge in [0.2, 0.25) is 0 Å². The van der Waals surface area contributed by atoms with Crippen molar-refractivity contribution >= 4 is 0 Å². The van der Waals surface area contributed by atoms with Crippen LogP contribution in [0.5, 0.6) is 5.75 Å². The average molecular weight is 233 g/mol. The van der Waals surface area contributed by atoms with E-state index in [0.29, 0.717) is 0 Å². The minimum Gasteiger partial charge on any atom is -0.490 e. The normalized spacial score (nSPS) is 32.1. The van der Waals surface area contributed by atoms with Gasteiger partial charge in [-0.2, -0.15) is 0 Å². The van der Waals surface area contributed by atoms with E-state index >= 15 is 0 Å². The Balaban J connectivity index is 2.09. The van der Waals surface area contributed by atoms with Crippen LogP contribution in [0.2, 0.25) is 0 Å². The van der Waals surface area contributed by atoms with Crippen LogP contribution in [0, 0.1) is 19.3 Å². The Hall–Kier alpha value is -1.02. The number of nitrogens with two attached hydrogens (primary N) is 1. The average Bonchev–Trinajstić information content (AvgIpc) is 2.32. The number of rotatable bonds is 3. The molecule has 2 nitrogen and oxygen atoms in total. The lowest BCUT2D eigenvalue weighted by Gasteiger charge is -2.51. The molecule has 2 N–H and O–H groups in total. The van der Waals surface area contributed by atoms with E-state index in [1.165, 1.54) is 11.1 Å². The number of benzene rings is 1. The highest BCUT2D eigenvalue weighted by molar-refractivity contribution is 5.34. The zero-order valence-corrected chi connectivity index (χ0v) is 11.3. The molecule has 0 amide bonds. The first-order chi connectivity index (χ1) is 7.97. The van der Waals surface area contributed by atoms with Crippen molar-refractivity contribution in [2.45, 2.75) is 52.7 Å². The van der Waals surface area contributed by atoms with E-state index in [-0.39, 0.29) is 17.6 Å². The lowest BCUT2D eigenvalue weighted by Crippen LogP contribution is -2.61. The molecule has 3 unspecified atom stereocenters. The molecule has 0 spiro atoms. The predicted molar refractivity (Wildman–Crippen MR) is 71.3 cm³/mol. The van der Waals surface area contributed by atoms with Crippen LogP contribution in [0.3, 0.4) is 0 Å². The van der Waals surface area contributed by atoms with Gasteiger partial charge in [-0.3, -0.25) is 0 Å². The third kappa shape index (κ3) is 2.06. The van der Waals surface area contributed by atoms with E-state index in [9.17, 15) is 0 Å². The first kappa shape index (κ1) is 12.4. The minimum absolute atomic E-state index is 0.138. The molecular formula is C15H23NO. The maximum atomic E-state index is 6.09. The molecule has 1 aliphatic rings. The molecule has 1 aromatic carbocycles. The Bertz CT molecular complexity index is 415. The fourth-order valence-electron chi connectivity index (χ4n) is 2.47. The molecule has 1 aliphatic carbocycles. The van der Waals surface area contributed by atoms with Gasteiger partial charge in [0.05, 0.1) is 0 Å². The van der Waals surface area contributed by atoms with E-state index < -0.39 is 0 Å². The summed E-state index contributed by atoms with van der Waals surface area (Å²) in [7, 11) is 0. The van der Waals surface area contributed by atoms with E-state index in [1.54, 1.807) is 0 Å². The zero-order chi connectivity index (χ0) is 12.6. The predicted octanol–water partition coefficient (Wildman–Crippen LogP) is 3.20. The van der Waals surface area contributed by atoms with Gasteiger partial charge in [0.25, 0.3) is 0 Å². The van der Waals surface area contributed by atoms with Crippen LogP contribution in [0.4, 0.5) is 0 Å². The van der Waals surface area contributed by atoms with Crippen LogP contribution in [0.15, 0.2) is 18.2 Å². The number of hydrogen-bond donors (Lipinski definition) is 1. The zero-order valence-electron chi connectivity index (χ0n) is 11.3. The Kier molecular flexibility index (Phi) is 3.17. The van der Waals surface area contributed by atoms with E-state index in [2.05, 4.69) is 45.9 Å². The Labute approximate surface area is 104 Å². The third-order valence-electron chi connectivity index (χ3n) is 4.57. The summed E-state index contributed by atoms with van der Waals surface area (Å²) in [5.74, 6) is 0.977. The maximum Gasteiger partial charge on any atom is 0.120 e. The van der Waals surface area contributed by atoms with Gasteiger partial charge in [0, 0.05) is 17.9 Å². The van der Waals surface area contributed by atoms with Crippen molar-refractivity contribution < 1.29 is 4.74 Å². The topological polar surface area (TPSA) is 35.2 Å². The molecule has 1 saturated carbocycles. The fraction of sp³-hybridized carbons (Fsp3) is 0.600. The minimum atomic E-state index is 0.138. The van der Waals surface area contributed by atoms with E-state index in [4.69, 9.17) is 10.5 Å². The molecule has 2 rings (SSSR count). The van der Waals surface area contributed by atoms with Crippen molar-refractivity contribution in [1.82, 2.24) is 0 Å². The van der Waals surface area contributed by atoms with Crippen LogP contribution in [-0.2, 0) is 0 Å². The summed E-state index contributed by atoms with van der Waals surface area (Å²) in [4.78, 5) is 0. The standard InChI is InChI=1S/C15H23NO/c1-5-15(4)13(16)9-14(15)17-12-7-6-10(2)11(3)8-12/h6-8,13-14H,5,9,16H2,1-4H3. The molecule has 0 aliphatic heterocycles. The Morgan fingerprint density at radius 2 is 2.06 bits per heavy atom. The molecule has 94 valence electrons. The van der Waals surface area contributed by atoms with E-state index in [0.717, 1.165) is 18.6 Å². The SMILES string of the molecule is CCC1(C)C(N)CC1Oc1ccc(C)c(C)c1. The van der Waals surface area contributed by atoms with Crippen molar-refractivity contribution in [3.8, 4) is 5.75 Å². The molecule has 0 radical (unpaired) electrons. The molecule has 0 heterocycles. The van der Waals surface area contributed by atoms with Crippen molar-refractivity contribution in [3.63, 3.8) is 0 Å². The lowest BCUT2D eigenvalue weighted by atomic mass is 9.62. The molecule has 1 fully saturated rings. The van der Waals surface area contributed by atoms with Crippen molar-refractivity contribution in [3.05, 3.63) is 29.3 Å². The number of ether oxygens (including phenoxy) is 1. The maximum absolute atomic E-state index is 6.09. The van der Waals surface area contributed by atoms with Crippen molar-refractivity contribution in [2.75, 3.05) is 0 Å². The summed E-state index contributed by atoms with van der Waals surface area (Å²) >= 11 is 0. The second-order valence-corrected chi connectivity index (χ2v) is 5.55. The van der Waals surface area contributed by atoms with E-state index in [1.807, 2.05) is 0 Å². The summed E-state index contributed by atoms with van der Waals surface area (Å²) in [5.41, 5.74) is 8.81. The molecule has 17 heavy (non-hydrogen) atoms. The Morgan fingerprint density at radius 3 is 2.59 bits per heavy atom. The summed E-state index contributed by atoms with van der Waals surface area (Å²) in [5, 5.41) is 0. The summed E-state index contributed by atoms with van der Waals surface area (Å²) in [6.07, 6.45) is 2.31. The van der Waals surface area contributed by atoms with Gasteiger partial charge < -0.3 is 10.5 Å². The molecule has 0 aromatic heterocycles. The largest absolute Gasteiger partial charge is 0.490 e. The highest BCUT2D eigenvalue weighted by atomic mass is 16.5. The van der Waals surface area contributed by atoms with Crippen LogP contribution in [0.1, 0.15) is 37.8 Å². The molecule has 1 aromatic rings. The summed E-state index contributed by atoms with van der Waals surface area (Å²) in [6, 6.07) is 6.58. The van der Waals surface area contributed by atoms with Crippen molar-refractivity contribution in [2.24, 2.45) is 11.1 Å². The van der Waals surface area contributed by atoms with Crippen molar-refractivity contribution in [1.29, 1.82) is 0 Å². The highest BCUT2D eigenvalue weighted by Crippen LogP contribution is 2.44. The summed E-state index contributed by atoms with van der Waals surface area (Å²) in [6.45, 7) is 8.66. The quantitative estimate of drug-likeness (QED) is 0.870. The van der Waals surface area contributed by atoms with Crippen LogP contribution in [0.25, 0.3) is 0 Å². The van der Waals surface area contributed by atoms with Gasteiger partial charge in [-0.15, -0.1) is 0 Å². The monoisotopic (exact) mass is 233 g/mol. The van der Waals surface area contributed by atoms with Crippen LogP contribution in [-0.4, -0.2) is 12.1 Å². The van der Waals surface area contributed by atoms with Gasteiger partial charge in [-0.25, -0.2) is 0 Å². The van der Waals surface area contributed by atoms with Gasteiger partial charge >= 0.3 is 0 Å². The highest BCUT2D eigenvalue weighted by Gasteiger charge is 2.50. The second kappa shape index (κ2) is 4.34. The Morgan fingerprint density at radius 1 is 1.35 bits per heavy atom. The lowest BCUT2D eigenvalue weighted by molar-refractivity contribution is -0.0560. The number of aryl methyl sites for hydroxylation is 2. The number of hydrogen-bond acceptors (Lipinski definition) is 2. The van der Waals surface area contributed by atoms with Gasteiger partial charge in [-0.1, -0.05) is 19.9 Å². The molecule has 3 atom stereocenters. The van der Waals surface area contributed by atoms with Gasteiger partial charge in [-0.05, 0) is 43.5 Å².